The summed E-state index contributed by atoms with van der Waals surface area (Å²) in [5, 5.41) is 5.67. The van der Waals surface area contributed by atoms with E-state index in [1.54, 1.807) is 12.3 Å². The molecule has 4 aromatic rings. The van der Waals surface area contributed by atoms with Gasteiger partial charge in [0.1, 0.15) is 11.5 Å². The van der Waals surface area contributed by atoms with Gasteiger partial charge in [0, 0.05) is 23.5 Å². The number of allylic oxidation sites excluding steroid dienone is 1. The maximum atomic E-state index is 12.6. The number of carbonyl (C=O) groups excluding carboxylic acids is 1. The van der Waals surface area contributed by atoms with E-state index in [2.05, 4.69) is 5.32 Å². The minimum absolute atomic E-state index is 0.0482. The molecule has 0 atom stereocenters. The fourth-order valence-corrected chi connectivity index (χ4v) is 3.19. The molecule has 0 heterocycles. The summed E-state index contributed by atoms with van der Waals surface area (Å²) in [6.07, 6.45) is 3.18. The topological polar surface area (TPSA) is 38.3 Å². The van der Waals surface area contributed by atoms with E-state index in [1.807, 2.05) is 84.9 Å². The lowest BCUT2D eigenvalue weighted by molar-refractivity contribution is 0.104. The number of rotatable bonds is 6. The van der Waals surface area contributed by atoms with Gasteiger partial charge in [-0.2, -0.15) is 0 Å². The number of halogens is 1. The Balaban J connectivity index is 1.41. The van der Waals surface area contributed by atoms with Crippen molar-refractivity contribution in [3.8, 4) is 11.5 Å². The fourth-order valence-electron chi connectivity index (χ4n) is 3.02. The first-order chi connectivity index (χ1) is 14.2. The molecule has 0 fully saturated rings. The Morgan fingerprint density at radius 3 is 2.38 bits per heavy atom. The number of ether oxygens (including phenoxy) is 1. The Morgan fingerprint density at radius 1 is 0.828 bits per heavy atom. The van der Waals surface area contributed by atoms with Crippen molar-refractivity contribution in [2.75, 3.05) is 5.32 Å². The Bertz CT molecular complexity index is 1180. The lowest BCUT2D eigenvalue weighted by Gasteiger charge is -2.08. The van der Waals surface area contributed by atoms with Crippen molar-refractivity contribution in [1.29, 1.82) is 0 Å². The molecular formula is C25H18ClNO2. The number of benzene rings is 4. The van der Waals surface area contributed by atoms with Crippen LogP contribution in [0, 0.1) is 0 Å². The SMILES string of the molecule is O=C(/C=C/Nc1ccc(Oc2ccccc2Cl)cc1)c1cccc2ccccc12. The predicted molar refractivity (Wildman–Crippen MR) is 119 cm³/mol. The summed E-state index contributed by atoms with van der Waals surface area (Å²) in [6, 6.07) is 28.4. The average Bonchev–Trinajstić information content (AvgIpc) is 2.76. The summed E-state index contributed by atoms with van der Waals surface area (Å²) >= 11 is 6.11. The van der Waals surface area contributed by atoms with Gasteiger partial charge in [-0.15, -0.1) is 0 Å². The van der Waals surface area contributed by atoms with E-state index < -0.39 is 0 Å². The number of hydrogen-bond donors (Lipinski definition) is 1. The first-order valence-corrected chi connectivity index (χ1v) is 9.56. The molecule has 0 unspecified atom stereocenters. The maximum absolute atomic E-state index is 12.6. The molecule has 3 nitrogen and oxygen atoms in total. The van der Waals surface area contributed by atoms with Crippen LogP contribution in [0.25, 0.3) is 10.8 Å². The number of anilines is 1. The van der Waals surface area contributed by atoms with Crippen molar-refractivity contribution in [1.82, 2.24) is 0 Å². The lowest BCUT2D eigenvalue weighted by Crippen LogP contribution is -1.97. The van der Waals surface area contributed by atoms with Crippen LogP contribution in [0.15, 0.2) is 103 Å². The molecule has 0 aliphatic rings. The second-order valence-electron chi connectivity index (χ2n) is 6.43. The fraction of sp³-hybridized carbons (Fsp3) is 0. The largest absolute Gasteiger partial charge is 0.456 e. The molecule has 142 valence electrons. The van der Waals surface area contributed by atoms with Crippen LogP contribution in [0.5, 0.6) is 11.5 Å². The van der Waals surface area contributed by atoms with E-state index >= 15 is 0 Å². The molecule has 0 aromatic heterocycles. The van der Waals surface area contributed by atoms with Crippen LogP contribution in [0.1, 0.15) is 10.4 Å². The molecule has 0 bridgehead atoms. The minimum atomic E-state index is -0.0482. The number of para-hydroxylation sites is 1. The lowest BCUT2D eigenvalue weighted by atomic mass is 10.0. The summed E-state index contributed by atoms with van der Waals surface area (Å²) in [7, 11) is 0. The van der Waals surface area contributed by atoms with E-state index in [9.17, 15) is 4.79 Å². The standard InChI is InChI=1S/C25H18ClNO2/c26-23-10-3-4-11-25(23)29-20-14-12-19(13-15-20)27-17-16-24(28)22-9-5-7-18-6-1-2-8-21(18)22/h1-17,27H/b17-16+. The van der Waals surface area contributed by atoms with Gasteiger partial charge in [0.15, 0.2) is 5.78 Å². The highest BCUT2D eigenvalue weighted by Crippen LogP contribution is 2.29. The third-order valence-corrected chi connectivity index (χ3v) is 4.77. The Labute approximate surface area is 174 Å². The number of hydrogen-bond acceptors (Lipinski definition) is 3. The van der Waals surface area contributed by atoms with E-state index in [-0.39, 0.29) is 5.78 Å². The normalized spacial score (nSPS) is 10.9. The molecule has 0 radical (unpaired) electrons. The monoisotopic (exact) mass is 399 g/mol. The number of fused-ring (bicyclic) bond motifs is 1. The average molecular weight is 400 g/mol. The third kappa shape index (κ3) is 4.48. The van der Waals surface area contributed by atoms with Gasteiger partial charge in [-0.05, 0) is 47.2 Å². The molecule has 0 spiro atoms. The van der Waals surface area contributed by atoms with Crippen LogP contribution in [0.3, 0.4) is 0 Å². The maximum Gasteiger partial charge on any atom is 0.187 e. The molecule has 4 rings (SSSR count). The molecule has 4 aromatic carbocycles. The third-order valence-electron chi connectivity index (χ3n) is 4.46. The quantitative estimate of drug-likeness (QED) is 0.277. The first-order valence-electron chi connectivity index (χ1n) is 9.18. The van der Waals surface area contributed by atoms with E-state index in [4.69, 9.17) is 16.3 Å². The second-order valence-corrected chi connectivity index (χ2v) is 6.83. The van der Waals surface area contributed by atoms with Gasteiger partial charge in [-0.1, -0.05) is 66.2 Å². The van der Waals surface area contributed by atoms with Gasteiger partial charge >= 0.3 is 0 Å². The Kier molecular flexibility index (Phi) is 5.59. The van der Waals surface area contributed by atoms with Crippen molar-refractivity contribution in [3.05, 3.63) is 114 Å². The molecule has 0 saturated heterocycles. The van der Waals surface area contributed by atoms with Gasteiger partial charge in [0.2, 0.25) is 0 Å². The van der Waals surface area contributed by atoms with Crippen LogP contribution < -0.4 is 10.1 Å². The number of nitrogens with one attached hydrogen (secondary N) is 1. The van der Waals surface area contributed by atoms with E-state index in [0.29, 0.717) is 22.1 Å². The molecule has 29 heavy (non-hydrogen) atoms. The summed E-state index contributed by atoms with van der Waals surface area (Å²) in [4.78, 5) is 12.6. The van der Waals surface area contributed by atoms with Crippen molar-refractivity contribution < 1.29 is 9.53 Å². The predicted octanol–water partition coefficient (Wildman–Crippen LogP) is 7.09. The smallest absolute Gasteiger partial charge is 0.187 e. The zero-order valence-corrected chi connectivity index (χ0v) is 16.3. The van der Waals surface area contributed by atoms with Crippen LogP contribution >= 0.6 is 11.6 Å². The van der Waals surface area contributed by atoms with Crippen LogP contribution in [-0.4, -0.2) is 5.78 Å². The molecule has 0 saturated carbocycles. The summed E-state index contributed by atoms with van der Waals surface area (Å²) in [5.41, 5.74) is 1.53. The molecule has 1 N–H and O–H groups in total. The van der Waals surface area contributed by atoms with Gasteiger partial charge in [0.25, 0.3) is 0 Å². The van der Waals surface area contributed by atoms with Crippen molar-refractivity contribution in [2.24, 2.45) is 0 Å². The molecule has 0 aliphatic heterocycles. The van der Waals surface area contributed by atoms with Crippen molar-refractivity contribution in [2.45, 2.75) is 0 Å². The highest BCUT2D eigenvalue weighted by molar-refractivity contribution is 6.32. The van der Waals surface area contributed by atoms with Gasteiger partial charge in [0.05, 0.1) is 5.02 Å². The molecule has 0 aliphatic carbocycles. The molecular weight excluding hydrogens is 382 g/mol. The zero-order valence-electron chi connectivity index (χ0n) is 15.5. The molecule has 4 heteroatoms. The highest BCUT2D eigenvalue weighted by Gasteiger charge is 2.06. The van der Waals surface area contributed by atoms with Crippen LogP contribution in [0.4, 0.5) is 5.69 Å². The Morgan fingerprint density at radius 2 is 1.55 bits per heavy atom. The first kappa shape index (κ1) is 18.8. The van der Waals surface area contributed by atoms with E-state index in [1.165, 1.54) is 6.08 Å². The Hall–Kier alpha value is -3.56. The van der Waals surface area contributed by atoms with Gasteiger partial charge in [-0.3, -0.25) is 4.79 Å². The zero-order chi connectivity index (χ0) is 20.1. The van der Waals surface area contributed by atoms with Crippen molar-refractivity contribution in [3.63, 3.8) is 0 Å². The van der Waals surface area contributed by atoms with Crippen molar-refractivity contribution >= 4 is 33.8 Å². The number of ketones is 1. The summed E-state index contributed by atoms with van der Waals surface area (Å²) < 4.78 is 5.77. The van der Waals surface area contributed by atoms with Gasteiger partial charge in [-0.25, -0.2) is 0 Å². The molecule has 0 amide bonds. The second kappa shape index (κ2) is 8.63. The van der Waals surface area contributed by atoms with Crippen LogP contribution in [0.2, 0.25) is 5.02 Å². The summed E-state index contributed by atoms with van der Waals surface area (Å²) in [5.74, 6) is 1.24. The van der Waals surface area contributed by atoms with Gasteiger partial charge < -0.3 is 10.1 Å². The summed E-state index contributed by atoms with van der Waals surface area (Å²) in [6.45, 7) is 0. The highest BCUT2D eigenvalue weighted by atomic mass is 35.5. The van der Waals surface area contributed by atoms with E-state index in [0.717, 1.165) is 16.5 Å². The number of carbonyl (C=O) groups is 1. The minimum Gasteiger partial charge on any atom is -0.456 e. The van der Waals surface area contributed by atoms with Crippen LogP contribution in [-0.2, 0) is 0 Å².